The summed E-state index contributed by atoms with van der Waals surface area (Å²) >= 11 is 0. The van der Waals surface area contributed by atoms with Crippen LogP contribution >= 0.6 is 0 Å². The van der Waals surface area contributed by atoms with Crippen molar-refractivity contribution in [1.29, 1.82) is 0 Å². The summed E-state index contributed by atoms with van der Waals surface area (Å²) in [5, 5.41) is 6.01. The predicted octanol–water partition coefficient (Wildman–Crippen LogP) is 1.78. The highest BCUT2D eigenvalue weighted by atomic mass is 16.1. The average Bonchev–Trinajstić information content (AvgIpc) is 2.34. The third-order valence-corrected chi connectivity index (χ3v) is 2.55. The first-order chi connectivity index (χ1) is 8.24. The quantitative estimate of drug-likeness (QED) is 0.556. The number of aryl methyl sites for hydroxylation is 1. The normalized spacial score (nSPS) is 9.94. The number of carbonyl (C=O) groups is 1. The fourth-order valence-electron chi connectivity index (χ4n) is 1.50. The fraction of sp³-hybridized carbons (Fsp3) is 0.357. The predicted molar refractivity (Wildman–Crippen MR) is 70.7 cm³/mol. The van der Waals surface area contributed by atoms with E-state index in [0.29, 0.717) is 19.5 Å². The van der Waals surface area contributed by atoms with Crippen molar-refractivity contribution < 1.29 is 4.79 Å². The van der Waals surface area contributed by atoms with Gasteiger partial charge >= 0.3 is 0 Å². The Morgan fingerprint density at radius 1 is 1.41 bits per heavy atom. The van der Waals surface area contributed by atoms with Crippen molar-refractivity contribution >= 4 is 5.91 Å². The third kappa shape index (κ3) is 5.31. The minimum atomic E-state index is 0.0739. The van der Waals surface area contributed by atoms with Crippen molar-refractivity contribution in [2.75, 3.05) is 13.1 Å². The highest BCUT2D eigenvalue weighted by Crippen LogP contribution is 2.05. The molecular weight excluding hydrogens is 212 g/mol. The van der Waals surface area contributed by atoms with Gasteiger partial charge in [-0.2, -0.15) is 0 Å². The minimum Gasteiger partial charge on any atom is -0.352 e. The number of benzene rings is 1. The lowest BCUT2D eigenvalue weighted by atomic mass is 10.1. The summed E-state index contributed by atoms with van der Waals surface area (Å²) < 4.78 is 0. The first-order valence-electron chi connectivity index (χ1n) is 5.87. The van der Waals surface area contributed by atoms with Crippen LogP contribution in [0.1, 0.15) is 17.5 Å². The molecule has 0 aliphatic heterocycles. The molecule has 0 aromatic heterocycles. The Labute approximate surface area is 103 Å². The van der Waals surface area contributed by atoms with Crippen molar-refractivity contribution in [2.24, 2.45) is 0 Å². The summed E-state index contributed by atoms with van der Waals surface area (Å²) in [5.74, 6) is 0.0739. The van der Waals surface area contributed by atoms with E-state index in [0.717, 1.165) is 6.54 Å². The number of hydrogen-bond acceptors (Lipinski definition) is 2. The molecule has 3 nitrogen and oxygen atoms in total. The highest BCUT2D eigenvalue weighted by molar-refractivity contribution is 5.76. The van der Waals surface area contributed by atoms with E-state index in [2.05, 4.69) is 17.2 Å². The number of nitrogens with one attached hydrogen (secondary N) is 2. The smallest absolute Gasteiger partial charge is 0.221 e. The van der Waals surface area contributed by atoms with Crippen LogP contribution in [-0.2, 0) is 11.3 Å². The average molecular weight is 232 g/mol. The topological polar surface area (TPSA) is 41.1 Å². The lowest BCUT2D eigenvalue weighted by Gasteiger charge is -2.07. The molecule has 1 rings (SSSR count). The van der Waals surface area contributed by atoms with Crippen LogP contribution in [0, 0.1) is 6.92 Å². The number of amides is 1. The molecule has 92 valence electrons. The monoisotopic (exact) mass is 232 g/mol. The van der Waals surface area contributed by atoms with Gasteiger partial charge in [-0.05, 0) is 18.1 Å². The number of carbonyl (C=O) groups excluding carboxylic acids is 1. The van der Waals surface area contributed by atoms with E-state index >= 15 is 0 Å². The SMILES string of the molecule is C=CCNCCC(=O)NCc1ccccc1C. The van der Waals surface area contributed by atoms with E-state index in [9.17, 15) is 4.79 Å². The van der Waals surface area contributed by atoms with Crippen molar-refractivity contribution in [3.63, 3.8) is 0 Å². The van der Waals surface area contributed by atoms with Gasteiger partial charge in [-0.3, -0.25) is 4.79 Å². The zero-order valence-corrected chi connectivity index (χ0v) is 10.3. The van der Waals surface area contributed by atoms with E-state index in [1.54, 1.807) is 6.08 Å². The summed E-state index contributed by atoms with van der Waals surface area (Å²) in [6.45, 7) is 7.68. The van der Waals surface area contributed by atoms with Crippen molar-refractivity contribution in [3.8, 4) is 0 Å². The van der Waals surface area contributed by atoms with Crippen LogP contribution in [0.4, 0.5) is 0 Å². The standard InChI is InChI=1S/C14H20N2O/c1-3-9-15-10-8-14(17)16-11-13-7-5-4-6-12(13)2/h3-7,15H,1,8-11H2,2H3,(H,16,17). The van der Waals surface area contributed by atoms with Crippen LogP contribution < -0.4 is 10.6 Å². The summed E-state index contributed by atoms with van der Waals surface area (Å²) in [4.78, 5) is 11.5. The molecule has 1 aromatic carbocycles. The molecule has 17 heavy (non-hydrogen) atoms. The van der Waals surface area contributed by atoms with Crippen molar-refractivity contribution in [1.82, 2.24) is 10.6 Å². The van der Waals surface area contributed by atoms with Crippen LogP contribution in [0.2, 0.25) is 0 Å². The van der Waals surface area contributed by atoms with Gasteiger partial charge in [-0.1, -0.05) is 30.3 Å². The Morgan fingerprint density at radius 3 is 2.88 bits per heavy atom. The van der Waals surface area contributed by atoms with E-state index in [1.807, 2.05) is 31.2 Å². The molecule has 0 bridgehead atoms. The molecule has 0 spiro atoms. The Hall–Kier alpha value is -1.61. The fourth-order valence-corrected chi connectivity index (χ4v) is 1.50. The summed E-state index contributed by atoms with van der Waals surface area (Å²) in [6.07, 6.45) is 2.28. The highest BCUT2D eigenvalue weighted by Gasteiger charge is 2.01. The second kappa shape index (κ2) is 7.63. The molecule has 0 aliphatic rings. The molecule has 0 atom stereocenters. The Morgan fingerprint density at radius 2 is 2.18 bits per heavy atom. The third-order valence-electron chi connectivity index (χ3n) is 2.55. The Balaban J connectivity index is 2.24. The second-order valence-corrected chi connectivity index (χ2v) is 3.95. The Kier molecular flexibility index (Phi) is 6.04. The molecule has 0 saturated heterocycles. The number of hydrogen-bond donors (Lipinski definition) is 2. The van der Waals surface area contributed by atoms with Gasteiger partial charge in [0.1, 0.15) is 0 Å². The van der Waals surface area contributed by atoms with Crippen LogP contribution in [0.5, 0.6) is 0 Å². The van der Waals surface area contributed by atoms with Gasteiger partial charge in [0.05, 0.1) is 0 Å². The molecule has 0 unspecified atom stereocenters. The molecule has 0 fully saturated rings. The molecule has 2 N–H and O–H groups in total. The lowest BCUT2D eigenvalue weighted by molar-refractivity contribution is -0.121. The van der Waals surface area contributed by atoms with Gasteiger partial charge < -0.3 is 10.6 Å². The molecular formula is C14H20N2O. The van der Waals surface area contributed by atoms with Crippen LogP contribution in [0.3, 0.4) is 0 Å². The largest absolute Gasteiger partial charge is 0.352 e. The maximum atomic E-state index is 11.5. The minimum absolute atomic E-state index is 0.0739. The zero-order chi connectivity index (χ0) is 12.5. The van der Waals surface area contributed by atoms with E-state index in [4.69, 9.17) is 0 Å². The van der Waals surface area contributed by atoms with Gasteiger partial charge in [0, 0.05) is 26.1 Å². The van der Waals surface area contributed by atoms with Gasteiger partial charge in [0.25, 0.3) is 0 Å². The molecule has 0 heterocycles. The maximum absolute atomic E-state index is 11.5. The van der Waals surface area contributed by atoms with Gasteiger partial charge in [0.15, 0.2) is 0 Å². The first kappa shape index (κ1) is 13.5. The molecule has 1 aromatic rings. The molecule has 0 radical (unpaired) electrons. The van der Waals surface area contributed by atoms with Crippen molar-refractivity contribution in [2.45, 2.75) is 19.9 Å². The zero-order valence-electron chi connectivity index (χ0n) is 10.3. The summed E-state index contributed by atoms with van der Waals surface area (Å²) in [5.41, 5.74) is 2.37. The summed E-state index contributed by atoms with van der Waals surface area (Å²) in [7, 11) is 0. The molecule has 3 heteroatoms. The van der Waals surface area contributed by atoms with Crippen molar-refractivity contribution in [3.05, 3.63) is 48.0 Å². The summed E-state index contributed by atoms with van der Waals surface area (Å²) in [6, 6.07) is 8.07. The maximum Gasteiger partial charge on any atom is 0.221 e. The van der Waals surface area contributed by atoms with Crippen LogP contribution in [-0.4, -0.2) is 19.0 Å². The molecule has 0 aliphatic carbocycles. The second-order valence-electron chi connectivity index (χ2n) is 3.95. The van der Waals surface area contributed by atoms with Gasteiger partial charge in [-0.15, -0.1) is 6.58 Å². The van der Waals surface area contributed by atoms with Gasteiger partial charge in [0.2, 0.25) is 5.91 Å². The van der Waals surface area contributed by atoms with E-state index in [-0.39, 0.29) is 5.91 Å². The Bertz CT molecular complexity index is 374. The first-order valence-corrected chi connectivity index (χ1v) is 5.87. The number of rotatable bonds is 7. The molecule has 1 amide bonds. The van der Waals surface area contributed by atoms with Crippen LogP contribution in [0.15, 0.2) is 36.9 Å². The van der Waals surface area contributed by atoms with E-state index in [1.165, 1.54) is 11.1 Å². The molecule has 0 saturated carbocycles. The van der Waals surface area contributed by atoms with E-state index < -0.39 is 0 Å². The van der Waals surface area contributed by atoms with Gasteiger partial charge in [-0.25, -0.2) is 0 Å². The van der Waals surface area contributed by atoms with Crippen LogP contribution in [0.25, 0.3) is 0 Å². The lowest BCUT2D eigenvalue weighted by Crippen LogP contribution is -2.27.